The Kier molecular flexibility index (Phi) is 3.70. The van der Waals surface area contributed by atoms with Crippen molar-refractivity contribution in [2.75, 3.05) is 0 Å². The van der Waals surface area contributed by atoms with Gasteiger partial charge in [0.2, 0.25) is 0 Å². The Labute approximate surface area is 159 Å². The van der Waals surface area contributed by atoms with Crippen LogP contribution in [-0.4, -0.2) is 17.5 Å². The Morgan fingerprint density at radius 1 is 1.12 bits per heavy atom. The molecule has 4 nitrogen and oxygen atoms in total. The minimum atomic E-state index is -1.43. The standard InChI is InChI=1S/C21H17BrO4/c1-3-20(18(24)13-8-10-14(22)11-9-13)17-15-6-4-5-7-16(15)26-19(25)21(17,20)12(2)23/h4-11,17H,3H2,1-2H3/t17-,20+,21+/m1/s1. The average molecular weight is 413 g/mol. The van der Waals surface area contributed by atoms with Gasteiger partial charge in [-0.15, -0.1) is 0 Å². The summed E-state index contributed by atoms with van der Waals surface area (Å²) in [6, 6.07) is 14.2. The highest BCUT2D eigenvalue weighted by molar-refractivity contribution is 9.10. The molecule has 0 bridgehead atoms. The van der Waals surface area contributed by atoms with E-state index in [1.165, 1.54) is 6.92 Å². The number of rotatable bonds is 4. The highest BCUT2D eigenvalue weighted by atomic mass is 79.9. The molecule has 0 radical (unpaired) electrons. The molecule has 1 aliphatic carbocycles. The van der Waals surface area contributed by atoms with Gasteiger partial charge in [0.05, 0.1) is 5.41 Å². The van der Waals surface area contributed by atoms with Crippen molar-refractivity contribution >= 4 is 33.5 Å². The molecular weight excluding hydrogens is 396 g/mol. The van der Waals surface area contributed by atoms with Crippen LogP contribution in [-0.2, 0) is 9.59 Å². The van der Waals surface area contributed by atoms with E-state index in [0.29, 0.717) is 17.7 Å². The zero-order chi connectivity index (χ0) is 18.7. The molecule has 4 rings (SSSR count). The van der Waals surface area contributed by atoms with E-state index in [4.69, 9.17) is 4.74 Å². The number of carbonyl (C=O) groups excluding carboxylic acids is 3. The summed E-state index contributed by atoms with van der Waals surface area (Å²) >= 11 is 3.36. The van der Waals surface area contributed by atoms with Gasteiger partial charge in [0.15, 0.2) is 5.78 Å². The van der Waals surface area contributed by atoms with E-state index in [1.54, 1.807) is 36.4 Å². The van der Waals surface area contributed by atoms with Crippen molar-refractivity contribution in [2.24, 2.45) is 10.8 Å². The summed E-state index contributed by atoms with van der Waals surface area (Å²) in [4.78, 5) is 39.1. The molecule has 3 atom stereocenters. The number of hydrogen-bond donors (Lipinski definition) is 0. The monoisotopic (exact) mass is 412 g/mol. The third-order valence-electron chi connectivity index (χ3n) is 5.93. The molecular formula is C21H17BrO4. The first-order valence-corrected chi connectivity index (χ1v) is 9.33. The van der Waals surface area contributed by atoms with Gasteiger partial charge in [0.1, 0.15) is 16.9 Å². The van der Waals surface area contributed by atoms with Gasteiger partial charge in [0, 0.05) is 21.5 Å². The van der Waals surface area contributed by atoms with Gasteiger partial charge in [-0.3, -0.25) is 14.4 Å². The smallest absolute Gasteiger partial charge is 0.326 e. The summed E-state index contributed by atoms with van der Waals surface area (Å²) in [5.41, 5.74) is -1.28. The van der Waals surface area contributed by atoms with Crippen LogP contribution in [0, 0.1) is 10.8 Å². The first kappa shape index (κ1) is 17.2. The lowest BCUT2D eigenvalue weighted by Crippen LogP contribution is -2.38. The molecule has 0 saturated heterocycles. The quantitative estimate of drug-likeness (QED) is 0.324. The molecule has 132 valence electrons. The van der Waals surface area contributed by atoms with Crippen LogP contribution in [0.3, 0.4) is 0 Å². The Morgan fingerprint density at radius 2 is 1.77 bits per heavy atom. The fourth-order valence-corrected chi connectivity index (χ4v) is 5.06. The minimum Gasteiger partial charge on any atom is -0.425 e. The Morgan fingerprint density at radius 3 is 2.38 bits per heavy atom. The van der Waals surface area contributed by atoms with Gasteiger partial charge in [-0.2, -0.15) is 0 Å². The van der Waals surface area contributed by atoms with Gasteiger partial charge in [-0.25, -0.2) is 0 Å². The maximum absolute atomic E-state index is 13.5. The van der Waals surface area contributed by atoms with Crippen LogP contribution in [0.4, 0.5) is 0 Å². The summed E-state index contributed by atoms with van der Waals surface area (Å²) in [5.74, 6) is -1.14. The lowest BCUT2D eigenvalue weighted by molar-refractivity contribution is -0.148. The van der Waals surface area contributed by atoms with E-state index in [2.05, 4.69) is 15.9 Å². The van der Waals surface area contributed by atoms with Gasteiger partial charge in [-0.05, 0) is 31.5 Å². The molecule has 0 spiro atoms. The number of fused-ring (bicyclic) bond motifs is 3. The van der Waals surface area contributed by atoms with E-state index in [9.17, 15) is 14.4 Å². The highest BCUT2D eigenvalue weighted by Crippen LogP contribution is 2.80. The molecule has 0 N–H and O–H groups in total. The van der Waals surface area contributed by atoms with Crippen LogP contribution in [0.5, 0.6) is 5.75 Å². The Bertz CT molecular complexity index is 949. The highest BCUT2D eigenvalue weighted by Gasteiger charge is 2.87. The summed E-state index contributed by atoms with van der Waals surface area (Å²) in [6.07, 6.45) is 0.385. The van der Waals surface area contributed by atoms with Crippen molar-refractivity contribution in [1.29, 1.82) is 0 Å². The third-order valence-corrected chi connectivity index (χ3v) is 6.45. The lowest BCUT2D eigenvalue weighted by Gasteiger charge is -2.22. The van der Waals surface area contributed by atoms with Crippen LogP contribution in [0.15, 0.2) is 53.0 Å². The maximum atomic E-state index is 13.5. The first-order chi connectivity index (χ1) is 12.4. The van der Waals surface area contributed by atoms with E-state index in [1.807, 2.05) is 19.1 Å². The minimum absolute atomic E-state index is 0.179. The van der Waals surface area contributed by atoms with Crippen molar-refractivity contribution in [3.8, 4) is 5.75 Å². The molecule has 1 aliphatic heterocycles. The summed E-state index contributed by atoms with van der Waals surface area (Å²) in [5, 5.41) is 0. The lowest BCUT2D eigenvalue weighted by atomic mass is 9.81. The molecule has 0 unspecified atom stereocenters. The fraction of sp³-hybridized carbons (Fsp3) is 0.286. The van der Waals surface area contributed by atoms with Gasteiger partial charge >= 0.3 is 5.97 Å². The second-order valence-corrected chi connectivity index (χ2v) is 7.80. The van der Waals surface area contributed by atoms with Gasteiger partial charge < -0.3 is 4.74 Å². The Hall–Kier alpha value is -2.27. The molecule has 1 fully saturated rings. The number of halogens is 1. The molecule has 2 aliphatic rings. The summed E-state index contributed by atoms with van der Waals surface area (Å²) < 4.78 is 6.35. The number of esters is 1. The van der Waals surface area contributed by atoms with Crippen LogP contribution in [0.1, 0.15) is 42.1 Å². The maximum Gasteiger partial charge on any atom is 0.326 e. The van der Waals surface area contributed by atoms with Crippen molar-refractivity contribution in [2.45, 2.75) is 26.2 Å². The number of para-hydroxylation sites is 1. The van der Waals surface area contributed by atoms with Crippen molar-refractivity contribution in [1.82, 2.24) is 0 Å². The summed E-state index contributed by atoms with van der Waals surface area (Å²) in [6.45, 7) is 3.24. The number of hydrogen-bond acceptors (Lipinski definition) is 4. The van der Waals surface area contributed by atoms with E-state index in [0.717, 1.165) is 10.0 Å². The predicted octanol–water partition coefficient (Wildman–Crippen LogP) is 4.32. The van der Waals surface area contributed by atoms with Crippen LogP contribution in [0.2, 0.25) is 0 Å². The van der Waals surface area contributed by atoms with Gasteiger partial charge in [-0.1, -0.05) is 53.2 Å². The van der Waals surface area contributed by atoms with Crippen molar-refractivity contribution in [3.63, 3.8) is 0 Å². The molecule has 2 aromatic carbocycles. The second-order valence-electron chi connectivity index (χ2n) is 6.89. The molecule has 26 heavy (non-hydrogen) atoms. The van der Waals surface area contributed by atoms with Crippen LogP contribution >= 0.6 is 15.9 Å². The second kappa shape index (κ2) is 5.61. The molecule has 0 aromatic heterocycles. The van der Waals surface area contributed by atoms with Crippen LogP contribution < -0.4 is 4.74 Å². The fourth-order valence-electron chi connectivity index (χ4n) is 4.80. The normalized spacial score (nSPS) is 28.6. The number of carbonyl (C=O) groups is 3. The number of Topliss-reactive ketones (excluding diaryl/α,β-unsaturated/α-hetero) is 2. The molecule has 1 saturated carbocycles. The van der Waals surface area contributed by atoms with Crippen molar-refractivity contribution in [3.05, 3.63) is 64.1 Å². The number of benzene rings is 2. The molecule has 5 heteroatoms. The van der Waals surface area contributed by atoms with E-state index >= 15 is 0 Å². The van der Waals surface area contributed by atoms with E-state index in [-0.39, 0.29) is 11.6 Å². The largest absolute Gasteiger partial charge is 0.425 e. The van der Waals surface area contributed by atoms with Gasteiger partial charge in [0.25, 0.3) is 0 Å². The first-order valence-electron chi connectivity index (χ1n) is 8.54. The number of ketones is 2. The third kappa shape index (κ3) is 1.87. The molecule has 1 heterocycles. The summed E-state index contributed by atoms with van der Waals surface area (Å²) in [7, 11) is 0. The molecule has 2 aromatic rings. The van der Waals surface area contributed by atoms with E-state index < -0.39 is 22.7 Å². The zero-order valence-electron chi connectivity index (χ0n) is 14.4. The average Bonchev–Trinajstić information content (AvgIpc) is 3.29. The van der Waals surface area contributed by atoms with Crippen LogP contribution in [0.25, 0.3) is 0 Å². The van der Waals surface area contributed by atoms with Crippen molar-refractivity contribution < 1.29 is 19.1 Å². The topological polar surface area (TPSA) is 60.4 Å². The molecule has 0 amide bonds. The predicted molar refractivity (Wildman–Crippen MR) is 99.1 cm³/mol. The Balaban J connectivity index is 1.93. The SMILES string of the molecule is CC[C@@]1(C(=O)c2ccc(Br)cc2)[C@H]2c3ccccc3OC(=O)[C@]21C(C)=O. The zero-order valence-corrected chi connectivity index (χ0v) is 16.0. The number of ether oxygens (including phenoxy) is 1.